The number of amides is 1. The largest absolute Gasteiger partial charge is 0.494 e. The minimum absolute atomic E-state index is 0.0260. The number of ether oxygens (including phenoxy) is 1. The maximum absolute atomic E-state index is 12.8. The molecule has 2 aromatic carbocycles. The molecule has 0 aliphatic carbocycles. The summed E-state index contributed by atoms with van der Waals surface area (Å²) in [4.78, 5) is 24.9. The van der Waals surface area contributed by atoms with Crippen molar-refractivity contribution in [2.75, 3.05) is 25.5 Å². The number of likely N-dealkylation sites (tertiary alicyclic amines) is 1. The van der Waals surface area contributed by atoms with Gasteiger partial charge in [-0.1, -0.05) is 30.3 Å². The maximum Gasteiger partial charge on any atom is 0.273 e. The molecule has 160 valence electrons. The second kappa shape index (κ2) is 10.3. The molecule has 1 aliphatic heterocycles. The number of piperidine rings is 1. The van der Waals surface area contributed by atoms with Gasteiger partial charge in [-0.3, -0.25) is 14.9 Å². The van der Waals surface area contributed by atoms with E-state index in [2.05, 4.69) is 17.4 Å². The van der Waals surface area contributed by atoms with Crippen molar-refractivity contribution in [3.8, 4) is 11.8 Å². The number of non-ortho nitro benzene ring substituents is 1. The van der Waals surface area contributed by atoms with Crippen LogP contribution in [0.5, 0.6) is 5.75 Å². The standard InChI is InChI=1S/C23H24N4O4/c1-31-22-14-20(27(29)30)7-8-21(22)25-16-19(15-24)23(28)26-11-9-18(10-12-26)13-17-5-3-2-4-6-17/h2-8,14,16,18,25H,9-13H2,1H3/b19-16-. The lowest BCUT2D eigenvalue weighted by Crippen LogP contribution is -2.39. The van der Waals surface area contributed by atoms with E-state index in [1.54, 1.807) is 4.90 Å². The molecule has 0 unspecified atom stereocenters. The first kappa shape index (κ1) is 21.8. The number of nitro groups is 1. The van der Waals surface area contributed by atoms with E-state index in [9.17, 15) is 20.2 Å². The fourth-order valence-corrected chi connectivity index (χ4v) is 3.66. The van der Waals surface area contributed by atoms with Gasteiger partial charge in [0.2, 0.25) is 0 Å². The number of carbonyl (C=O) groups excluding carboxylic acids is 1. The van der Waals surface area contributed by atoms with E-state index in [0.717, 1.165) is 19.3 Å². The number of rotatable bonds is 7. The van der Waals surface area contributed by atoms with Crippen LogP contribution in [-0.4, -0.2) is 35.9 Å². The number of hydrogen-bond acceptors (Lipinski definition) is 6. The van der Waals surface area contributed by atoms with E-state index in [1.165, 1.54) is 37.1 Å². The van der Waals surface area contributed by atoms with E-state index in [4.69, 9.17) is 4.74 Å². The molecular formula is C23H24N4O4. The van der Waals surface area contributed by atoms with Gasteiger partial charge in [0.25, 0.3) is 11.6 Å². The highest BCUT2D eigenvalue weighted by Crippen LogP contribution is 2.29. The Kier molecular flexibility index (Phi) is 7.22. The molecule has 1 aliphatic rings. The van der Waals surface area contributed by atoms with Gasteiger partial charge < -0.3 is 15.0 Å². The van der Waals surface area contributed by atoms with E-state index >= 15 is 0 Å². The fraction of sp³-hybridized carbons (Fsp3) is 0.304. The molecule has 1 fully saturated rings. The Balaban J connectivity index is 1.61. The van der Waals surface area contributed by atoms with E-state index in [1.807, 2.05) is 24.3 Å². The molecule has 0 atom stereocenters. The molecule has 0 aromatic heterocycles. The third kappa shape index (κ3) is 5.60. The molecule has 1 heterocycles. The number of hydrogen-bond donors (Lipinski definition) is 1. The average molecular weight is 420 g/mol. The van der Waals surface area contributed by atoms with Crippen molar-refractivity contribution in [1.82, 2.24) is 4.90 Å². The summed E-state index contributed by atoms with van der Waals surface area (Å²) in [5.74, 6) is 0.439. The lowest BCUT2D eigenvalue weighted by molar-refractivity contribution is -0.384. The number of nitrogens with one attached hydrogen (secondary N) is 1. The number of carbonyl (C=O) groups is 1. The summed E-state index contributed by atoms with van der Waals surface area (Å²) < 4.78 is 5.17. The van der Waals surface area contributed by atoms with Crippen molar-refractivity contribution in [3.63, 3.8) is 0 Å². The Morgan fingerprint density at radius 1 is 1.29 bits per heavy atom. The Bertz CT molecular complexity index is 1010. The molecule has 1 amide bonds. The van der Waals surface area contributed by atoms with Gasteiger partial charge in [0.1, 0.15) is 17.4 Å². The van der Waals surface area contributed by atoms with Gasteiger partial charge in [-0.15, -0.1) is 0 Å². The molecule has 2 aromatic rings. The summed E-state index contributed by atoms with van der Waals surface area (Å²) in [6.07, 6.45) is 4.10. The lowest BCUT2D eigenvalue weighted by atomic mass is 9.90. The van der Waals surface area contributed by atoms with Crippen molar-refractivity contribution < 1.29 is 14.5 Å². The third-order valence-corrected chi connectivity index (χ3v) is 5.39. The molecule has 1 N–H and O–H groups in total. The maximum atomic E-state index is 12.8. The fourth-order valence-electron chi connectivity index (χ4n) is 3.66. The van der Waals surface area contributed by atoms with Crippen molar-refractivity contribution in [2.45, 2.75) is 19.3 Å². The molecule has 8 nitrogen and oxygen atoms in total. The quantitative estimate of drug-likeness (QED) is 0.315. The highest BCUT2D eigenvalue weighted by molar-refractivity contribution is 5.97. The van der Waals surface area contributed by atoms with Gasteiger partial charge in [0, 0.05) is 25.4 Å². The summed E-state index contributed by atoms with van der Waals surface area (Å²) in [6.45, 7) is 1.21. The van der Waals surface area contributed by atoms with Crippen LogP contribution in [0.25, 0.3) is 0 Å². The van der Waals surface area contributed by atoms with E-state index in [-0.39, 0.29) is 22.9 Å². The minimum Gasteiger partial charge on any atom is -0.494 e. The predicted molar refractivity (Wildman–Crippen MR) is 116 cm³/mol. The van der Waals surface area contributed by atoms with Crippen LogP contribution in [0.15, 0.2) is 60.3 Å². The number of benzene rings is 2. The van der Waals surface area contributed by atoms with Crippen LogP contribution in [0.2, 0.25) is 0 Å². The highest BCUT2D eigenvalue weighted by Gasteiger charge is 2.25. The Hall–Kier alpha value is -3.86. The Morgan fingerprint density at radius 2 is 2.00 bits per heavy atom. The highest BCUT2D eigenvalue weighted by atomic mass is 16.6. The van der Waals surface area contributed by atoms with Crippen LogP contribution in [0.1, 0.15) is 18.4 Å². The van der Waals surface area contributed by atoms with Crippen molar-refractivity contribution in [2.24, 2.45) is 5.92 Å². The Labute approximate surface area is 180 Å². The van der Waals surface area contributed by atoms with Crippen LogP contribution < -0.4 is 10.1 Å². The van der Waals surface area contributed by atoms with E-state index in [0.29, 0.717) is 24.7 Å². The third-order valence-electron chi connectivity index (χ3n) is 5.39. The monoisotopic (exact) mass is 420 g/mol. The van der Waals surface area contributed by atoms with Gasteiger partial charge in [0.15, 0.2) is 0 Å². The Morgan fingerprint density at radius 3 is 2.61 bits per heavy atom. The van der Waals surface area contributed by atoms with E-state index < -0.39 is 4.92 Å². The van der Waals surface area contributed by atoms with Gasteiger partial charge in [-0.2, -0.15) is 5.26 Å². The first-order valence-electron chi connectivity index (χ1n) is 10.0. The van der Waals surface area contributed by atoms with Crippen molar-refractivity contribution in [1.29, 1.82) is 5.26 Å². The molecule has 0 spiro atoms. The molecule has 0 bridgehead atoms. The molecule has 0 radical (unpaired) electrons. The zero-order valence-corrected chi connectivity index (χ0v) is 17.3. The molecular weight excluding hydrogens is 396 g/mol. The molecule has 0 saturated carbocycles. The lowest BCUT2D eigenvalue weighted by Gasteiger charge is -2.32. The van der Waals surface area contributed by atoms with Crippen LogP contribution in [0.3, 0.4) is 0 Å². The summed E-state index contributed by atoms with van der Waals surface area (Å²) in [5, 5.41) is 23.2. The minimum atomic E-state index is -0.520. The smallest absolute Gasteiger partial charge is 0.273 e. The second-order valence-corrected chi connectivity index (χ2v) is 7.38. The summed E-state index contributed by atoms with van der Waals surface area (Å²) >= 11 is 0. The topological polar surface area (TPSA) is 108 Å². The van der Waals surface area contributed by atoms with Crippen molar-refractivity contribution >= 4 is 17.3 Å². The number of methoxy groups -OCH3 is 1. The summed E-state index contributed by atoms with van der Waals surface area (Å²) in [5.41, 5.74) is 1.59. The van der Waals surface area contributed by atoms with Gasteiger partial charge in [0.05, 0.1) is 23.8 Å². The predicted octanol–water partition coefficient (Wildman–Crippen LogP) is 3.90. The molecule has 1 saturated heterocycles. The number of anilines is 1. The molecule has 3 rings (SSSR count). The average Bonchev–Trinajstić information content (AvgIpc) is 2.80. The number of nitro benzene ring substituents is 1. The van der Waals surface area contributed by atoms with Crippen LogP contribution in [-0.2, 0) is 11.2 Å². The van der Waals surface area contributed by atoms with Gasteiger partial charge in [-0.25, -0.2) is 0 Å². The normalized spacial score (nSPS) is 14.6. The van der Waals surface area contributed by atoms with Crippen molar-refractivity contribution in [3.05, 3.63) is 76.0 Å². The summed E-state index contributed by atoms with van der Waals surface area (Å²) in [7, 11) is 1.39. The molecule has 8 heteroatoms. The first-order chi connectivity index (χ1) is 15.0. The zero-order valence-electron chi connectivity index (χ0n) is 17.3. The molecule has 31 heavy (non-hydrogen) atoms. The van der Waals surface area contributed by atoms with Gasteiger partial charge in [-0.05, 0) is 36.8 Å². The SMILES string of the molecule is COc1cc([N+](=O)[O-])ccc1N/C=C(/C#N)C(=O)N1CCC(Cc2ccccc2)CC1. The van der Waals surface area contributed by atoms with Crippen LogP contribution in [0, 0.1) is 27.4 Å². The zero-order chi connectivity index (χ0) is 22.2. The first-order valence-corrected chi connectivity index (χ1v) is 10.0. The number of nitriles is 1. The summed E-state index contributed by atoms with van der Waals surface area (Å²) in [6, 6.07) is 16.3. The number of nitrogens with zero attached hydrogens (tertiary/aromatic N) is 3. The second-order valence-electron chi connectivity index (χ2n) is 7.38. The van der Waals surface area contributed by atoms with Gasteiger partial charge >= 0.3 is 0 Å². The van der Waals surface area contributed by atoms with Crippen LogP contribution >= 0.6 is 0 Å². The van der Waals surface area contributed by atoms with Crippen LogP contribution in [0.4, 0.5) is 11.4 Å².